The van der Waals surface area contributed by atoms with E-state index in [1.54, 1.807) is 7.11 Å². The second-order valence-electron chi connectivity index (χ2n) is 5.25. The lowest BCUT2D eigenvalue weighted by atomic mass is 10.1. The van der Waals surface area contributed by atoms with Crippen LogP contribution in [0.4, 0.5) is 5.69 Å². The van der Waals surface area contributed by atoms with Crippen LogP contribution in [0.25, 0.3) is 0 Å². The maximum Gasteiger partial charge on any atom is 0.0589 e. The molecule has 0 saturated heterocycles. The Balaban J connectivity index is 0.00000242. The molecule has 0 spiro atoms. The van der Waals surface area contributed by atoms with E-state index in [9.17, 15) is 0 Å². The van der Waals surface area contributed by atoms with Gasteiger partial charge in [-0.3, -0.25) is 4.90 Å². The third kappa shape index (κ3) is 6.48. The molecular weight excluding hydrogens is 296 g/mol. The molecule has 0 bridgehead atoms. The number of halogens is 1. The molecule has 0 heterocycles. The maximum absolute atomic E-state index is 5.86. The van der Waals surface area contributed by atoms with E-state index in [0.29, 0.717) is 0 Å². The van der Waals surface area contributed by atoms with Gasteiger partial charge in [-0.1, -0.05) is 42.5 Å². The molecule has 120 valence electrons. The summed E-state index contributed by atoms with van der Waals surface area (Å²) in [5.74, 6) is 0. The predicted octanol–water partition coefficient (Wildman–Crippen LogP) is 3.38. The van der Waals surface area contributed by atoms with Crippen molar-refractivity contribution in [3.05, 3.63) is 65.7 Å². The van der Waals surface area contributed by atoms with Gasteiger partial charge in [0, 0.05) is 32.4 Å². The quantitative estimate of drug-likeness (QED) is 0.758. The zero-order valence-corrected chi connectivity index (χ0v) is 13.9. The van der Waals surface area contributed by atoms with Gasteiger partial charge >= 0.3 is 0 Å². The van der Waals surface area contributed by atoms with Crippen molar-refractivity contribution in [1.29, 1.82) is 0 Å². The Morgan fingerprint density at radius 3 is 2.36 bits per heavy atom. The van der Waals surface area contributed by atoms with Gasteiger partial charge in [0.15, 0.2) is 0 Å². The van der Waals surface area contributed by atoms with Gasteiger partial charge < -0.3 is 10.5 Å². The molecule has 0 saturated carbocycles. The first-order valence-electron chi connectivity index (χ1n) is 7.37. The number of anilines is 1. The van der Waals surface area contributed by atoms with E-state index in [1.165, 1.54) is 11.1 Å². The van der Waals surface area contributed by atoms with E-state index in [2.05, 4.69) is 41.3 Å². The number of hydrogen-bond acceptors (Lipinski definition) is 3. The van der Waals surface area contributed by atoms with E-state index in [-0.39, 0.29) is 12.4 Å². The lowest BCUT2D eigenvalue weighted by Crippen LogP contribution is -2.29. The lowest BCUT2D eigenvalue weighted by Gasteiger charge is -2.22. The van der Waals surface area contributed by atoms with Gasteiger partial charge in [-0.25, -0.2) is 0 Å². The summed E-state index contributed by atoms with van der Waals surface area (Å²) in [4.78, 5) is 2.41. The highest BCUT2D eigenvalue weighted by Gasteiger charge is 2.06. The first-order chi connectivity index (χ1) is 10.3. The predicted molar refractivity (Wildman–Crippen MR) is 95.4 cm³/mol. The van der Waals surface area contributed by atoms with Crippen molar-refractivity contribution >= 4 is 18.1 Å². The highest BCUT2D eigenvalue weighted by atomic mass is 35.5. The Morgan fingerprint density at radius 2 is 1.68 bits per heavy atom. The van der Waals surface area contributed by atoms with Crippen LogP contribution >= 0.6 is 12.4 Å². The Bertz CT molecular complexity index is 534. The number of nitrogens with two attached hydrogens (primary N) is 1. The van der Waals surface area contributed by atoms with Crippen molar-refractivity contribution in [2.75, 3.05) is 32.5 Å². The molecule has 0 aliphatic carbocycles. The number of benzene rings is 2. The number of rotatable bonds is 8. The SMILES string of the molecule is COCCN(CCc1ccccc1)Cc1cccc(N)c1.Cl. The number of nitrogen functional groups attached to an aromatic ring is 1. The summed E-state index contributed by atoms with van der Waals surface area (Å²) in [6, 6.07) is 18.7. The van der Waals surface area contributed by atoms with Crippen LogP contribution in [0.2, 0.25) is 0 Å². The Labute approximate surface area is 139 Å². The molecule has 0 aromatic heterocycles. The molecule has 2 N–H and O–H groups in total. The van der Waals surface area contributed by atoms with E-state index in [4.69, 9.17) is 10.5 Å². The smallest absolute Gasteiger partial charge is 0.0589 e. The van der Waals surface area contributed by atoms with Gasteiger partial charge in [0.2, 0.25) is 0 Å². The fraction of sp³-hybridized carbons (Fsp3) is 0.333. The maximum atomic E-state index is 5.86. The van der Waals surface area contributed by atoms with Crippen molar-refractivity contribution in [3.63, 3.8) is 0 Å². The van der Waals surface area contributed by atoms with E-state index in [0.717, 1.165) is 38.3 Å². The van der Waals surface area contributed by atoms with Crippen molar-refractivity contribution in [3.8, 4) is 0 Å². The lowest BCUT2D eigenvalue weighted by molar-refractivity contribution is 0.144. The molecule has 2 aromatic carbocycles. The zero-order valence-electron chi connectivity index (χ0n) is 13.1. The highest BCUT2D eigenvalue weighted by Crippen LogP contribution is 2.10. The topological polar surface area (TPSA) is 38.5 Å². The molecule has 22 heavy (non-hydrogen) atoms. The normalized spacial score (nSPS) is 10.5. The molecule has 0 radical (unpaired) electrons. The minimum atomic E-state index is 0. The minimum absolute atomic E-state index is 0. The highest BCUT2D eigenvalue weighted by molar-refractivity contribution is 5.85. The Kier molecular flexibility index (Phi) is 8.60. The monoisotopic (exact) mass is 320 g/mol. The van der Waals surface area contributed by atoms with E-state index in [1.807, 2.05) is 18.2 Å². The fourth-order valence-electron chi connectivity index (χ4n) is 2.37. The number of nitrogens with zero attached hydrogens (tertiary/aromatic N) is 1. The van der Waals surface area contributed by atoms with Gasteiger partial charge in [-0.2, -0.15) is 0 Å². The standard InChI is InChI=1S/C18H24N2O.ClH/c1-21-13-12-20(11-10-16-6-3-2-4-7-16)15-17-8-5-9-18(19)14-17;/h2-9,14H,10-13,15,19H2,1H3;1H. The van der Waals surface area contributed by atoms with Crippen molar-refractivity contribution in [2.45, 2.75) is 13.0 Å². The number of ether oxygens (including phenoxy) is 1. The zero-order chi connectivity index (χ0) is 14.9. The summed E-state index contributed by atoms with van der Waals surface area (Å²) in [5, 5.41) is 0. The van der Waals surface area contributed by atoms with Gasteiger partial charge in [0.05, 0.1) is 6.61 Å². The van der Waals surface area contributed by atoms with Gasteiger partial charge in [0.25, 0.3) is 0 Å². The van der Waals surface area contributed by atoms with Crippen molar-refractivity contribution in [2.24, 2.45) is 0 Å². The average molecular weight is 321 g/mol. The van der Waals surface area contributed by atoms with Crippen LogP contribution < -0.4 is 5.73 Å². The van der Waals surface area contributed by atoms with E-state index >= 15 is 0 Å². The first kappa shape index (κ1) is 18.5. The van der Waals surface area contributed by atoms with Crippen LogP contribution in [-0.4, -0.2) is 31.7 Å². The summed E-state index contributed by atoms with van der Waals surface area (Å²) < 4.78 is 5.22. The first-order valence-corrected chi connectivity index (χ1v) is 7.37. The molecule has 2 rings (SSSR count). The second kappa shape index (κ2) is 10.2. The van der Waals surface area contributed by atoms with Crippen LogP contribution in [0.5, 0.6) is 0 Å². The molecular formula is C18H25ClN2O. The molecule has 0 amide bonds. The molecule has 2 aromatic rings. The van der Waals surface area contributed by atoms with Gasteiger partial charge in [0.1, 0.15) is 0 Å². The van der Waals surface area contributed by atoms with Crippen LogP contribution in [0, 0.1) is 0 Å². The van der Waals surface area contributed by atoms with Gasteiger partial charge in [-0.05, 0) is 29.7 Å². The van der Waals surface area contributed by atoms with Gasteiger partial charge in [-0.15, -0.1) is 12.4 Å². The molecule has 0 aliphatic heterocycles. The average Bonchev–Trinajstić information content (AvgIpc) is 2.51. The summed E-state index contributed by atoms with van der Waals surface area (Å²) in [5.41, 5.74) is 9.30. The second-order valence-corrected chi connectivity index (χ2v) is 5.25. The minimum Gasteiger partial charge on any atom is -0.399 e. The third-order valence-electron chi connectivity index (χ3n) is 3.53. The molecule has 0 fully saturated rings. The summed E-state index contributed by atoms with van der Waals surface area (Å²) in [6.45, 7) is 3.60. The van der Waals surface area contributed by atoms with Crippen LogP contribution in [0.3, 0.4) is 0 Å². The number of hydrogen-bond donors (Lipinski definition) is 1. The summed E-state index contributed by atoms with van der Waals surface area (Å²) >= 11 is 0. The molecule has 0 atom stereocenters. The summed E-state index contributed by atoms with van der Waals surface area (Å²) in [7, 11) is 1.75. The summed E-state index contributed by atoms with van der Waals surface area (Å²) in [6.07, 6.45) is 1.05. The van der Waals surface area contributed by atoms with Crippen molar-refractivity contribution < 1.29 is 4.74 Å². The van der Waals surface area contributed by atoms with E-state index < -0.39 is 0 Å². The number of methoxy groups -OCH3 is 1. The molecule has 0 aliphatic rings. The van der Waals surface area contributed by atoms with Crippen molar-refractivity contribution in [1.82, 2.24) is 4.90 Å². The Morgan fingerprint density at radius 1 is 0.955 bits per heavy atom. The molecule has 0 unspecified atom stereocenters. The van der Waals surface area contributed by atoms with Crippen LogP contribution in [0.1, 0.15) is 11.1 Å². The molecule has 4 heteroatoms. The van der Waals surface area contributed by atoms with Crippen LogP contribution in [-0.2, 0) is 17.7 Å². The third-order valence-corrected chi connectivity index (χ3v) is 3.53. The fourth-order valence-corrected chi connectivity index (χ4v) is 2.37. The van der Waals surface area contributed by atoms with Crippen LogP contribution in [0.15, 0.2) is 54.6 Å². The largest absolute Gasteiger partial charge is 0.399 e. The Hall–Kier alpha value is -1.55. The molecule has 3 nitrogen and oxygen atoms in total.